The molecule has 0 radical (unpaired) electrons. The lowest BCUT2D eigenvalue weighted by Crippen LogP contribution is -2.30. The fourth-order valence-electron chi connectivity index (χ4n) is 1.91. The molecular weight excluding hydrogens is 188 g/mol. The van der Waals surface area contributed by atoms with Crippen LogP contribution in [0.2, 0.25) is 0 Å². The molecule has 1 aliphatic rings. The first-order valence-corrected chi connectivity index (χ1v) is 5.49. The first-order chi connectivity index (χ1) is 7.42. The number of nitrogens with zero attached hydrogens (tertiary/aromatic N) is 3. The third-order valence-corrected chi connectivity index (χ3v) is 2.64. The standard InChI is InChI=1S/C11H18N4/c1-2-7-14-10-6-13-11(14)15-8-3-4-12-5-9-15/h2,6,10,12H,1,3-5,7-9H2. The molecule has 4 nitrogen and oxygen atoms in total. The second-order valence-electron chi connectivity index (χ2n) is 3.76. The van der Waals surface area contributed by atoms with E-state index in [1.807, 2.05) is 18.5 Å². The maximum Gasteiger partial charge on any atom is 0.205 e. The minimum Gasteiger partial charge on any atom is -0.341 e. The topological polar surface area (TPSA) is 33.1 Å². The minimum atomic E-state index is 0.833. The number of imidazole rings is 1. The summed E-state index contributed by atoms with van der Waals surface area (Å²) in [5, 5.41) is 3.39. The van der Waals surface area contributed by atoms with Gasteiger partial charge < -0.3 is 14.8 Å². The highest BCUT2D eigenvalue weighted by Crippen LogP contribution is 2.12. The van der Waals surface area contributed by atoms with Crippen LogP contribution in [0.15, 0.2) is 25.0 Å². The molecule has 0 spiro atoms. The summed E-state index contributed by atoms with van der Waals surface area (Å²) in [4.78, 5) is 6.75. The number of anilines is 1. The van der Waals surface area contributed by atoms with Crippen LogP contribution in [-0.2, 0) is 6.54 Å². The molecular formula is C11H18N4. The zero-order valence-corrected chi connectivity index (χ0v) is 9.02. The summed E-state index contributed by atoms with van der Waals surface area (Å²) in [5.41, 5.74) is 0. The minimum absolute atomic E-state index is 0.833. The van der Waals surface area contributed by atoms with Crippen molar-refractivity contribution in [2.45, 2.75) is 13.0 Å². The van der Waals surface area contributed by atoms with Crippen LogP contribution >= 0.6 is 0 Å². The van der Waals surface area contributed by atoms with Gasteiger partial charge in [0.2, 0.25) is 5.95 Å². The van der Waals surface area contributed by atoms with E-state index in [1.54, 1.807) is 0 Å². The Morgan fingerprint density at radius 3 is 3.27 bits per heavy atom. The highest BCUT2D eigenvalue weighted by molar-refractivity contribution is 5.31. The molecule has 1 aromatic rings. The molecule has 0 aromatic carbocycles. The third-order valence-electron chi connectivity index (χ3n) is 2.64. The summed E-state index contributed by atoms with van der Waals surface area (Å²) < 4.78 is 2.14. The van der Waals surface area contributed by atoms with Gasteiger partial charge in [-0.15, -0.1) is 6.58 Å². The molecule has 1 saturated heterocycles. The highest BCUT2D eigenvalue weighted by atomic mass is 15.3. The Kier molecular flexibility index (Phi) is 3.40. The molecule has 2 rings (SSSR count). The number of hydrogen-bond acceptors (Lipinski definition) is 3. The lowest BCUT2D eigenvalue weighted by molar-refractivity contribution is 0.720. The van der Waals surface area contributed by atoms with Gasteiger partial charge in [0, 0.05) is 38.6 Å². The van der Waals surface area contributed by atoms with Gasteiger partial charge >= 0.3 is 0 Å². The summed E-state index contributed by atoms with van der Waals surface area (Å²) in [7, 11) is 0. The van der Waals surface area contributed by atoms with E-state index in [1.165, 1.54) is 6.42 Å². The van der Waals surface area contributed by atoms with Crippen LogP contribution in [0.5, 0.6) is 0 Å². The second kappa shape index (κ2) is 4.98. The van der Waals surface area contributed by atoms with Crippen molar-refractivity contribution in [2.24, 2.45) is 0 Å². The number of allylic oxidation sites excluding steroid dienone is 1. The van der Waals surface area contributed by atoms with Crippen molar-refractivity contribution in [3.63, 3.8) is 0 Å². The predicted molar refractivity (Wildman–Crippen MR) is 62.1 cm³/mol. The molecule has 0 saturated carbocycles. The smallest absolute Gasteiger partial charge is 0.205 e. The number of rotatable bonds is 3. The number of aromatic nitrogens is 2. The fourth-order valence-corrected chi connectivity index (χ4v) is 1.91. The molecule has 82 valence electrons. The average molecular weight is 206 g/mol. The SMILES string of the molecule is C=CCn1ccnc1N1CCCNCC1. The van der Waals surface area contributed by atoms with Crippen LogP contribution in [0, 0.1) is 0 Å². The molecule has 1 N–H and O–H groups in total. The molecule has 15 heavy (non-hydrogen) atoms. The van der Waals surface area contributed by atoms with E-state index in [0.717, 1.165) is 38.7 Å². The highest BCUT2D eigenvalue weighted by Gasteiger charge is 2.13. The molecule has 0 amide bonds. The van der Waals surface area contributed by atoms with Crippen molar-refractivity contribution < 1.29 is 0 Å². The Hall–Kier alpha value is -1.29. The average Bonchev–Trinajstić information content (AvgIpc) is 2.53. The molecule has 1 fully saturated rings. The van der Waals surface area contributed by atoms with Crippen LogP contribution in [0.3, 0.4) is 0 Å². The predicted octanol–water partition coefficient (Wildman–Crippen LogP) is 0.869. The Labute approximate surface area is 90.6 Å². The van der Waals surface area contributed by atoms with E-state index in [9.17, 15) is 0 Å². The Morgan fingerprint density at radius 2 is 2.40 bits per heavy atom. The van der Waals surface area contributed by atoms with E-state index in [4.69, 9.17) is 0 Å². The first-order valence-electron chi connectivity index (χ1n) is 5.49. The lowest BCUT2D eigenvalue weighted by atomic mass is 10.4. The van der Waals surface area contributed by atoms with Gasteiger partial charge in [-0.3, -0.25) is 0 Å². The van der Waals surface area contributed by atoms with Gasteiger partial charge in [0.15, 0.2) is 0 Å². The first kappa shape index (κ1) is 10.2. The van der Waals surface area contributed by atoms with E-state index < -0.39 is 0 Å². The van der Waals surface area contributed by atoms with Crippen molar-refractivity contribution in [3.8, 4) is 0 Å². The molecule has 0 atom stereocenters. The van der Waals surface area contributed by atoms with E-state index in [0.29, 0.717) is 0 Å². The third kappa shape index (κ3) is 2.39. The van der Waals surface area contributed by atoms with Crippen LogP contribution in [0.1, 0.15) is 6.42 Å². The number of hydrogen-bond donors (Lipinski definition) is 1. The molecule has 4 heteroatoms. The van der Waals surface area contributed by atoms with E-state index >= 15 is 0 Å². The van der Waals surface area contributed by atoms with Crippen molar-refractivity contribution in [1.82, 2.24) is 14.9 Å². The van der Waals surface area contributed by atoms with Crippen LogP contribution < -0.4 is 10.2 Å². The van der Waals surface area contributed by atoms with Gasteiger partial charge in [0.05, 0.1) is 0 Å². The van der Waals surface area contributed by atoms with Crippen LogP contribution in [-0.4, -0.2) is 35.7 Å². The lowest BCUT2D eigenvalue weighted by Gasteiger charge is -2.21. The van der Waals surface area contributed by atoms with E-state index in [-0.39, 0.29) is 0 Å². The van der Waals surface area contributed by atoms with Crippen LogP contribution in [0.25, 0.3) is 0 Å². The van der Waals surface area contributed by atoms with Crippen molar-refractivity contribution >= 4 is 5.95 Å². The Bertz CT molecular complexity index is 310. The quantitative estimate of drug-likeness (QED) is 0.745. The molecule has 0 bridgehead atoms. The van der Waals surface area contributed by atoms with Crippen LogP contribution in [0.4, 0.5) is 5.95 Å². The van der Waals surface area contributed by atoms with Gasteiger partial charge in [-0.1, -0.05) is 6.08 Å². The summed E-state index contributed by atoms with van der Waals surface area (Å²) in [5.74, 6) is 1.07. The maximum atomic E-state index is 4.41. The zero-order chi connectivity index (χ0) is 10.5. The summed E-state index contributed by atoms with van der Waals surface area (Å²) >= 11 is 0. The molecule has 0 aliphatic carbocycles. The zero-order valence-electron chi connectivity index (χ0n) is 9.02. The summed E-state index contributed by atoms with van der Waals surface area (Å²) in [6.45, 7) is 8.87. The largest absolute Gasteiger partial charge is 0.341 e. The molecule has 1 aromatic heterocycles. The van der Waals surface area contributed by atoms with Gasteiger partial charge in [-0.25, -0.2) is 4.98 Å². The van der Waals surface area contributed by atoms with Gasteiger partial charge in [0.1, 0.15) is 0 Å². The molecule has 2 heterocycles. The Morgan fingerprint density at radius 1 is 1.47 bits per heavy atom. The summed E-state index contributed by atoms with van der Waals surface area (Å²) in [6, 6.07) is 0. The Balaban J connectivity index is 2.11. The second-order valence-corrected chi connectivity index (χ2v) is 3.76. The maximum absolute atomic E-state index is 4.41. The normalized spacial score (nSPS) is 17.5. The van der Waals surface area contributed by atoms with Gasteiger partial charge in [-0.2, -0.15) is 0 Å². The number of nitrogens with one attached hydrogen (secondary N) is 1. The molecule has 0 unspecified atom stereocenters. The van der Waals surface area contributed by atoms with Gasteiger partial charge in [0.25, 0.3) is 0 Å². The fraction of sp³-hybridized carbons (Fsp3) is 0.545. The molecule has 1 aliphatic heterocycles. The summed E-state index contributed by atoms with van der Waals surface area (Å²) in [6.07, 6.45) is 6.95. The van der Waals surface area contributed by atoms with Crippen molar-refractivity contribution in [2.75, 3.05) is 31.1 Å². The van der Waals surface area contributed by atoms with Crippen molar-refractivity contribution in [1.29, 1.82) is 0 Å². The monoisotopic (exact) mass is 206 g/mol. The van der Waals surface area contributed by atoms with E-state index in [2.05, 4.69) is 26.3 Å². The van der Waals surface area contributed by atoms with Gasteiger partial charge in [-0.05, 0) is 13.0 Å². The van der Waals surface area contributed by atoms with Crippen molar-refractivity contribution in [3.05, 3.63) is 25.0 Å².